The first-order valence-corrected chi connectivity index (χ1v) is 8.44. The van der Waals surface area contributed by atoms with E-state index in [0.717, 1.165) is 12.8 Å². The van der Waals surface area contributed by atoms with Crippen molar-refractivity contribution >= 4 is 5.97 Å². The fourth-order valence-electron chi connectivity index (χ4n) is 3.48. The van der Waals surface area contributed by atoms with Crippen molar-refractivity contribution in [2.24, 2.45) is 23.7 Å². The summed E-state index contributed by atoms with van der Waals surface area (Å²) in [5.74, 6) is 1.88. The Morgan fingerprint density at radius 3 is 2.80 bits per heavy atom. The van der Waals surface area contributed by atoms with E-state index in [1.165, 1.54) is 31.3 Å². The predicted molar refractivity (Wildman–Crippen MR) is 82.3 cm³/mol. The normalized spacial score (nSPS) is 33.0. The molecule has 2 rings (SSSR count). The molecule has 114 valence electrons. The summed E-state index contributed by atoms with van der Waals surface area (Å²) in [5.41, 5.74) is 1.31. The van der Waals surface area contributed by atoms with Crippen molar-refractivity contribution in [1.82, 2.24) is 0 Å². The molecule has 0 aromatic carbocycles. The number of ether oxygens (including phenoxy) is 1. The van der Waals surface area contributed by atoms with Gasteiger partial charge in [-0.3, -0.25) is 4.79 Å². The molecule has 0 aliphatic heterocycles. The highest BCUT2D eigenvalue weighted by Crippen LogP contribution is 2.39. The Bertz CT molecular complexity index is 370. The third kappa shape index (κ3) is 3.86. The number of hydrogen-bond acceptors (Lipinski definition) is 2. The molecule has 0 heterocycles. The molecule has 0 amide bonds. The Kier molecular flexibility index (Phi) is 5.29. The summed E-state index contributed by atoms with van der Waals surface area (Å²) in [4.78, 5) is 12.2. The third-order valence-electron chi connectivity index (χ3n) is 4.97. The molecule has 20 heavy (non-hydrogen) atoms. The molecule has 4 atom stereocenters. The van der Waals surface area contributed by atoms with Crippen LogP contribution in [0.4, 0.5) is 0 Å². The van der Waals surface area contributed by atoms with Crippen molar-refractivity contribution in [3.63, 3.8) is 0 Å². The lowest BCUT2D eigenvalue weighted by atomic mass is 9.75. The van der Waals surface area contributed by atoms with E-state index in [4.69, 9.17) is 4.74 Å². The summed E-state index contributed by atoms with van der Waals surface area (Å²) in [5, 5.41) is 0. The SMILES string of the molecule is CCCCC1=C[C@@H]1C(=O)O[C@@H]1C[C@H](C)CC[C@H]1C(C)C. The lowest BCUT2D eigenvalue weighted by Gasteiger charge is -2.36. The molecule has 2 heteroatoms. The molecule has 1 fully saturated rings. The third-order valence-corrected chi connectivity index (χ3v) is 4.97. The number of rotatable bonds is 6. The van der Waals surface area contributed by atoms with Crippen LogP contribution in [0.15, 0.2) is 11.6 Å². The molecule has 2 aliphatic carbocycles. The van der Waals surface area contributed by atoms with Gasteiger partial charge in [-0.1, -0.05) is 52.2 Å². The van der Waals surface area contributed by atoms with Gasteiger partial charge >= 0.3 is 5.97 Å². The van der Waals surface area contributed by atoms with Gasteiger partial charge in [-0.25, -0.2) is 0 Å². The number of carbonyl (C=O) groups excluding carboxylic acids is 1. The first-order chi connectivity index (χ1) is 9.52. The van der Waals surface area contributed by atoms with Crippen LogP contribution < -0.4 is 0 Å². The minimum absolute atomic E-state index is 0.0147. The van der Waals surface area contributed by atoms with Gasteiger partial charge in [0.2, 0.25) is 0 Å². The van der Waals surface area contributed by atoms with Crippen LogP contribution in [-0.2, 0) is 9.53 Å². The Morgan fingerprint density at radius 1 is 1.40 bits per heavy atom. The molecule has 0 aromatic rings. The van der Waals surface area contributed by atoms with Crippen molar-refractivity contribution < 1.29 is 9.53 Å². The second-order valence-electron chi connectivity index (χ2n) is 7.12. The van der Waals surface area contributed by atoms with Gasteiger partial charge in [-0.15, -0.1) is 0 Å². The van der Waals surface area contributed by atoms with Crippen LogP contribution in [0.5, 0.6) is 0 Å². The van der Waals surface area contributed by atoms with Crippen LogP contribution in [0.1, 0.15) is 66.2 Å². The maximum Gasteiger partial charge on any atom is 0.317 e. The van der Waals surface area contributed by atoms with Gasteiger partial charge in [-0.05, 0) is 43.4 Å². The van der Waals surface area contributed by atoms with E-state index >= 15 is 0 Å². The second-order valence-corrected chi connectivity index (χ2v) is 7.12. The Hall–Kier alpha value is -0.790. The Balaban J connectivity index is 1.83. The number of unbranched alkanes of at least 4 members (excludes halogenated alkanes) is 1. The maximum absolute atomic E-state index is 12.2. The lowest BCUT2D eigenvalue weighted by molar-refractivity contribution is -0.156. The molecule has 1 saturated carbocycles. The van der Waals surface area contributed by atoms with Crippen LogP contribution in [0, 0.1) is 23.7 Å². The largest absolute Gasteiger partial charge is 0.461 e. The molecule has 0 aromatic heterocycles. The Morgan fingerprint density at radius 2 is 2.15 bits per heavy atom. The van der Waals surface area contributed by atoms with E-state index in [2.05, 4.69) is 33.8 Å². The van der Waals surface area contributed by atoms with E-state index < -0.39 is 0 Å². The van der Waals surface area contributed by atoms with Gasteiger partial charge in [0.1, 0.15) is 6.10 Å². The molecule has 0 unspecified atom stereocenters. The molecular weight excluding hydrogens is 248 g/mol. The summed E-state index contributed by atoms with van der Waals surface area (Å²) >= 11 is 0. The standard InChI is InChI=1S/C18H30O2/c1-5-6-7-14-11-16(14)18(19)20-17-10-13(4)8-9-15(17)12(2)3/h11-13,15-17H,5-10H2,1-4H3/t13-,15+,16+,17-/m1/s1. The van der Waals surface area contributed by atoms with Crippen LogP contribution >= 0.6 is 0 Å². The summed E-state index contributed by atoms with van der Waals surface area (Å²) in [6, 6.07) is 0. The predicted octanol–water partition coefficient (Wildman–Crippen LogP) is 4.74. The molecule has 0 radical (unpaired) electrons. The Labute approximate surface area is 124 Å². The van der Waals surface area contributed by atoms with Crippen LogP contribution in [-0.4, -0.2) is 12.1 Å². The molecular formula is C18H30O2. The highest BCUT2D eigenvalue weighted by atomic mass is 16.5. The second kappa shape index (κ2) is 6.78. The molecule has 0 spiro atoms. The van der Waals surface area contributed by atoms with Crippen molar-refractivity contribution in [3.05, 3.63) is 11.6 Å². The quantitative estimate of drug-likeness (QED) is 0.518. The van der Waals surface area contributed by atoms with Gasteiger partial charge in [-0.2, -0.15) is 0 Å². The average Bonchev–Trinajstić information content (AvgIpc) is 3.15. The van der Waals surface area contributed by atoms with Crippen molar-refractivity contribution in [2.75, 3.05) is 0 Å². The zero-order valence-corrected chi connectivity index (χ0v) is 13.5. The molecule has 2 nitrogen and oxygen atoms in total. The van der Waals surface area contributed by atoms with E-state index in [1.54, 1.807) is 0 Å². The number of carbonyl (C=O) groups is 1. The summed E-state index contributed by atoms with van der Waals surface area (Å²) in [6.45, 7) is 8.97. The van der Waals surface area contributed by atoms with Gasteiger partial charge in [0, 0.05) is 0 Å². The monoisotopic (exact) mass is 278 g/mol. The topological polar surface area (TPSA) is 26.3 Å². The van der Waals surface area contributed by atoms with Gasteiger partial charge < -0.3 is 4.74 Å². The number of esters is 1. The minimum atomic E-state index is 0.0147. The summed E-state index contributed by atoms with van der Waals surface area (Å²) < 4.78 is 5.88. The zero-order chi connectivity index (χ0) is 14.7. The molecule has 2 aliphatic rings. The van der Waals surface area contributed by atoms with Crippen molar-refractivity contribution in [2.45, 2.75) is 72.3 Å². The van der Waals surface area contributed by atoms with Crippen LogP contribution in [0.3, 0.4) is 0 Å². The maximum atomic E-state index is 12.2. The number of hydrogen-bond donors (Lipinski definition) is 0. The first-order valence-electron chi connectivity index (χ1n) is 8.44. The van der Waals surface area contributed by atoms with Crippen molar-refractivity contribution in [3.8, 4) is 0 Å². The molecule has 0 bridgehead atoms. The van der Waals surface area contributed by atoms with Gasteiger partial charge in [0.05, 0.1) is 5.92 Å². The van der Waals surface area contributed by atoms with Crippen molar-refractivity contribution in [1.29, 1.82) is 0 Å². The highest BCUT2D eigenvalue weighted by molar-refractivity contribution is 5.83. The minimum Gasteiger partial charge on any atom is -0.461 e. The fraction of sp³-hybridized carbons (Fsp3) is 0.833. The van der Waals surface area contributed by atoms with E-state index in [1.807, 2.05) is 0 Å². The van der Waals surface area contributed by atoms with E-state index in [0.29, 0.717) is 17.8 Å². The molecule has 0 saturated heterocycles. The highest BCUT2D eigenvalue weighted by Gasteiger charge is 2.38. The first kappa shape index (κ1) is 15.6. The summed E-state index contributed by atoms with van der Waals surface area (Å²) in [6.07, 6.45) is 9.22. The van der Waals surface area contributed by atoms with Crippen LogP contribution in [0.2, 0.25) is 0 Å². The van der Waals surface area contributed by atoms with Gasteiger partial charge in [0.25, 0.3) is 0 Å². The van der Waals surface area contributed by atoms with E-state index in [9.17, 15) is 4.79 Å². The zero-order valence-electron chi connectivity index (χ0n) is 13.5. The summed E-state index contributed by atoms with van der Waals surface area (Å²) in [7, 11) is 0. The van der Waals surface area contributed by atoms with E-state index in [-0.39, 0.29) is 18.0 Å². The fourth-order valence-corrected chi connectivity index (χ4v) is 3.48. The molecule has 0 N–H and O–H groups in total. The van der Waals surface area contributed by atoms with Gasteiger partial charge in [0.15, 0.2) is 0 Å². The van der Waals surface area contributed by atoms with Crippen LogP contribution in [0.25, 0.3) is 0 Å². The smallest absolute Gasteiger partial charge is 0.317 e. The average molecular weight is 278 g/mol. The lowest BCUT2D eigenvalue weighted by Crippen LogP contribution is -2.36.